The van der Waals surface area contributed by atoms with E-state index in [2.05, 4.69) is 4.98 Å². The molecule has 0 aliphatic carbocycles. The number of hydrogen-bond acceptors (Lipinski definition) is 6. The van der Waals surface area contributed by atoms with E-state index in [9.17, 15) is 18.0 Å². The summed E-state index contributed by atoms with van der Waals surface area (Å²) in [4.78, 5) is 29.3. The monoisotopic (exact) mass is 402 g/mol. The van der Waals surface area contributed by atoms with Crippen LogP contribution < -0.4 is 0 Å². The van der Waals surface area contributed by atoms with Crippen molar-refractivity contribution < 1.29 is 22.7 Å². The molecule has 2 aromatic rings. The number of pyridine rings is 1. The van der Waals surface area contributed by atoms with Gasteiger partial charge in [0.15, 0.2) is 11.1 Å². The number of carbonyl (C=O) groups is 2. The smallest absolute Gasteiger partial charge is 0.330 e. The number of nitrogens with zero attached hydrogens (tertiary/aromatic N) is 2. The van der Waals surface area contributed by atoms with Crippen molar-refractivity contribution in [3.05, 3.63) is 59.8 Å². The first kappa shape index (κ1) is 20.0. The molecule has 3 rings (SSSR count). The molecule has 0 radical (unpaired) electrons. The topological polar surface area (TPSA) is 93.6 Å². The zero-order chi connectivity index (χ0) is 20.5. The second kappa shape index (κ2) is 7.35. The average Bonchev–Trinajstić information content (AvgIpc) is 2.94. The van der Waals surface area contributed by atoms with Gasteiger partial charge in [-0.05, 0) is 31.0 Å². The Morgan fingerprint density at radius 2 is 1.93 bits per heavy atom. The van der Waals surface area contributed by atoms with Gasteiger partial charge >= 0.3 is 5.97 Å². The average molecular weight is 402 g/mol. The number of aryl methyl sites for hydroxylation is 1. The number of rotatable bonds is 5. The summed E-state index contributed by atoms with van der Waals surface area (Å²) in [5, 5.41) is -0.281. The fourth-order valence-corrected chi connectivity index (χ4v) is 5.24. The van der Waals surface area contributed by atoms with Gasteiger partial charge in [0.05, 0.1) is 7.11 Å². The van der Waals surface area contributed by atoms with Crippen molar-refractivity contribution in [2.24, 2.45) is 5.41 Å². The lowest BCUT2D eigenvalue weighted by atomic mass is 9.77. The molecule has 148 valence electrons. The van der Waals surface area contributed by atoms with Crippen molar-refractivity contribution in [1.29, 1.82) is 0 Å². The van der Waals surface area contributed by atoms with Crippen LogP contribution in [0.3, 0.4) is 0 Å². The summed E-state index contributed by atoms with van der Waals surface area (Å²) < 4.78 is 31.7. The molecular formula is C20H22N2O5S. The Bertz CT molecular complexity index is 989. The predicted octanol–water partition coefficient (Wildman–Crippen LogP) is 2.10. The molecule has 1 aromatic carbocycles. The lowest BCUT2D eigenvalue weighted by Gasteiger charge is -2.32. The summed E-state index contributed by atoms with van der Waals surface area (Å²) >= 11 is 0. The Morgan fingerprint density at radius 1 is 1.25 bits per heavy atom. The minimum absolute atomic E-state index is 0.0906. The summed E-state index contributed by atoms with van der Waals surface area (Å²) in [6.07, 6.45) is 1.59. The maximum atomic E-state index is 13.1. The molecule has 7 nitrogen and oxygen atoms in total. The number of sulfonamides is 1. The lowest BCUT2D eigenvalue weighted by Crippen LogP contribution is -2.49. The fraction of sp³-hybridized carbons (Fsp3) is 0.350. The summed E-state index contributed by atoms with van der Waals surface area (Å²) in [5.74, 6) is -1.41. The van der Waals surface area contributed by atoms with Crippen LogP contribution in [-0.2, 0) is 30.8 Å². The van der Waals surface area contributed by atoms with Gasteiger partial charge < -0.3 is 4.74 Å². The summed E-state index contributed by atoms with van der Waals surface area (Å²) in [7, 11) is -3.11. The Balaban J connectivity index is 2.05. The molecule has 1 aromatic heterocycles. The van der Waals surface area contributed by atoms with Crippen LogP contribution in [0, 0.1) is 12.3 Å². The van der Waals surface area contributed by atoms with Crippen molar-refractivity contribution >= 4 is 21.9 Å². The van der Waals surface area contributed by atoms with E-state index in [1.165, 1.54) is 25.4 Å². The van der Waals surface area contributed by atoms with Crippen molar-refractivity contribution in [1.82, 2.24) is 9.29 Å². The molecule has 8 heteroatoms. The third-order valence-electron chi connectivity index (χ3n) is 5.01. The van der Waals surface area contributed by atoms with Gasteiger partial charge in [-0.15, -0.1) is 0 Å². The highest BCUT2D eigenvalue weighted by Crippen LogP contribution is 2.43. The maximum absolute atomic E-state index is 13.1. The molecule has 1 aliphatic rings. The molecule has 0 saturated carbocycles. The summed E-state index contributed by atoms with van der Waals surface area (Å²) in [6, 6.07) is 10.8. The molecule has 1 fully saturated rings. The van der Waals surface area contributed by atoms with E-state index in [0.717, 1.165) is 11.1 Å². The summed E-state index contributed by atoms with van der Waals surface area (Å²) in [5.41, 5.74) is 1.05. The highest BCUT2D eigenvalue weighted by Gasteiger charge is 2.57. The SMILES string of the molecule is COC(=O)[C@H]1N(S(=O)(=O)c2ccccn2)C(=O)C[C@]1(C)Cc1ccc(C)cc1. The standard InChI is InChI=1S/C20H22N2O5S/c1-14-7-9-15(10-8-14)12-20(2)13-17(23)22(18(20)19(24)27-3)28(25,26)16-6-4-5-11-21-16/h4-11,18H,12-13H2,1-3H3/t18-,20+/m1/s1. The van der Waals surface area contributed by atoms with E-state index in [-0.39, 0.29) is 11.4 Å². The minimum atomic E-state index is -4.29. The Morgan fingerprint density at radius 3 is 2.50 bits per heavy atom. The van der Waals surface area contributed by atoms with E-state index in [1.807, 2.05) is 31.2 Å². The van der Waals surface area contributed by atoms with Crippen molar-refractivity contribution in [3.63, 3.8) is 0 Å². The van der Waals surface area contributed by atoms with Crippen LogP contribution in [0.2, 0.25) is 0 Å². The van der Waals surface area contributed by atoms with Crippen LogP contribution in [0.25, 0.3) is 0 Å². The van der Waals surface area contributed by atoms with Gasteiger partial charge in [0, 0.05) is 18.0 Å². The number of hydrogen-bond donors (Lipinski definition) is 0. The lowest BCUT2D eigenvalue weighted by molar-refractivity contribution is -0.148. The van der Waals surface area contributed by atoms with Gasteiger partial charge in [0.2, 0.25) is 5.91 Å². The fourth-order valence-electron chi connectivity index (χ4n) is 3.64. The van der Waals surface area contributed by atoms with Gasteiger partial charge in [-0.1, -0.05) is 42.8 Å². The summed E-state index contributed by atoms with van der Waals surface area (Å²) in [6.45, 7) is 3.70. The molecule has 28 heavy (non-hydrogen) atoms. The van der Waals surface area contributed by atoms with Gasteiger partial charge in [0.25, 0.3) is 10.0 Å². The largest absolute Gasteiger partial charge is 0.467 e. The first-order valence-electron chi connectivity index (χ1n) is 8.81. The van der Waals surface area contributed by atoms with Crippen LogP contribution in [0.4, 0.5) is 0 Å². The number of esters is 1. The number of benzene rings is 1. The van der Waals surface area contributed by atoms with E-state index in [0.29, 0.717) is 10.7 Å². The first-order valence-corrected chi connectivity index (χ1v) is 10.2. The molecule has 2 atom stereocenters. The highest BCUT2D eigenvalue weighted by molar-refractivity contribution is 7.89. The van der Waals surface area contributed by atoms with Gasteiger partial charge in [-0.2, -0.15) is 8.42 Å². The van der Waals surface area contributed by atoms with Crippen molar-refractivity contribution in [2.75, 3.05) is 7.11 Å². The van der Waals surface area contributed by atoms with E-state index >= 15 is 0 Å². The number of amides is 1. The number of carbonyl (C=O) groups excluding carboxylic acids is 2. The second-order valence-electron chi connectivity index (χ2n) is 7.28. The molecule has 1 amide bonds. The van der Waals surface area contributed by atoms with E-state index < -0.39 is 33.4 Å². The van der Waals surface area contributed by atoms with Gasteiger partial charge in [0.1, 0.15) is 0 Å². The molecule has 0 unspecified atom stereocenters. The first-order chi connectivity index (χ1) is 13.2. The molecule has 0 spiro atoms. The number of aromatic nitrogens is 1. The van der Waals surface area contributed by atoms with Crippen LogP contribution in [0.15, 0.2) is 53.7 Å². The van der Waals surface area contributed by atoms with Crippen LogP contribution >= 0.6 is 0 Å². The zero-order valence-corrected chi connectivity index (χ0v) is 16.8. The number of methoxy groups -OCH3 is 1. The van der Waals surface area contributed by atoms with Crippen molar-refractivity contribution in [2.45, 2.75) is 37.8 Å². The van der Waals surface area contributed by atoms with Gasteiger partial charge in [-0.25, -0.2) is 14.1 Å². The van der Waals surface area contributed by atoms with Crippen LogP contribution in [0.1, 0.15) is 24.5 Å². The predicted molar refractivity (Wildman–Crippen MR) is 102 cm³/mol. The third kappa shape index (κ3) is 3.52. The number of ether oxygens (including phenoxy) is 1. The molecular weight excluding hydrogens is 380 g/mol. The molecule has 0 bridgehead atoms. The normalized spacial score (nSPS) is 22.3. The Labute approximate surface area is 164 Å². The highest BCUT2D eigenvalue weighted by atomic mass is 32.2. The quantitative estimate of drug-likeness (QED) is 0.711. The molecule has 0 N–H and O–H groups in total. The Kier molecular flexibility index (Phi) is 5.25. The Hall–Kier alpha value is -2.74. The van der Waals surface area contributed by atoms with Crippen LogP contribution in [-0.4, -0.2) is 42.7 Å². The molecule has 2 heterocycles. The van der Waals surface area contributed by atoms with Crippen LogP contribution in [0.5, 0.6) is 0 Å². The maximum Gasteiger partial charge on any atom is 0.330 e. The molecule has 1 saturated heterocycles. The third-order valence-corrected chi connectivity index (χ3v) is 6.71. The van der Waals surface area contributed by atoms with Crippen molar-refractivity contribution in [3.8, 4) is 0 Å². The zero-order valence-electron chi connectivity index (χ0n) is 16.0. The van der Waals surface area contributed by atoms with E-state index in [1.54, 1.807) is 13.0 Å². The van der Waals surface area contributed by atoms with Gasteiger partial charge in [-0.3, -0.25) is 4.79 Å². The second-order valence-corrected chi connectivity index (χ2v) is 9.04. The molecule has 1 aliphatic heterocycles. The minimum Gasteiger partial charge on any atom is -0.467 e. The van der Waals surface area contributed by atoms with E-state index in [4.69, 9.17) is 4.74 Å².